The molecule has 1 N–H and O–H groups in total. The van der Waals surface area contributed by atoms with Gasteiger partial charge in [0.2, 0.25) is 5.91 Å². The zero-order valence-corrected chi connectivity index (χ0v) is 17.0. The van der Waals surface area contributed by atoms with E-state index < -0.39 is 29.1 Å². The molecule has 26 heavy (non-hydrogen) atoms. The van der Waals surface area contributed by atoms with Crippen molar-refractivity contribution in [1.82, 2.24) is 10.2 Å². The van der Waals surface area contributed by atoms with Gasteiger partial charge in [-0.05, 0) is 53.9 Å². The van der Waals surface area contributed by atoms with Crippen LogP contribution in [-0.2, 0) is 19.1 Å². The van der Waals surface area contributed by atoms with Gasteiger partial charge < -0.3 is 14.8 Å². The average Bonchev–Trinajstić information content (AvgIpc) is 2.51. The molecule has 0 saturated heterocycles. The fourth-order valence-corrected chi connectivity index (χ4v) is 2.25. The van der Waals surface area contributed by atoms with Gasteiger partial charge in [0.15, 0.2) is 0 Å². The van der Waals surface area contributed by atoms with Gasteiger partial charge in [-0.1, -0.05) is 13.0 Å². The quantitative estimate of drug-likeness (QED) is 0.472. The molecule has 2 amide bonds. The highest BCUT2D eigenvalue weighted by molar-refractivity contribution is 5.89. The molecule has 0 heterocycles. The van der Waals surface area contributed by atoms with Crippen LogP contribution in [0.1, 0.15) is 60.8 Å². The van der Waals surface area contributed by atoms with E-state index in [-0.39, 0.29) is 13.2 Å². The van der Waals surface area contributed by atoms with Crippen molar-refractivity contribution in [1.29, 1.82) is 0 Å². The van der Waals surface area contributed by atoms with Gasteiger partial charge >= 0.3 is 12.1 Å². The molecule has 7 nitrogen and oxygen atoms in total. The van der Waals surface area contributed by atoms with Gasteiger partial charge in [-0.15, -0.1) is 6.58 Å². The maximum atomic E-state index is 12.5. The number of allylic oxidation sites excluding steroid dienone is 1. The maximum absolute atomic E-state index is 12.5. The Bertz CT molecular complexity index is 499. The molecule has 0 unspecified atom stereocenters. The zero-order chi connectivity index (χ0) is 20.4. The number of ether oxygens (including phenoxy) is 2. The number of hydrogen-bond acceptors (Lipinski definition) is 5. The first-order valence-electron chi connectivity index (χ1n) is 9.06. The second-order valence-corrected chi connectivity index (χ2v) is 7.33. The molecular formula is C19H34N2O5. The lowest BCUT2D eigenvalue weighted by molar-refractivity contribution is -0.153. The lowest BCUT2D eigenvalue weighted by Gasteiger charge is -2.30. The van der Waals surface area contributed by atoms with Crippen molar-refractivity contribution in [2.75, 3.05) is 19.7 Å². The van der Waals surface area contributed by atoms with Crippen molar-refractivity contribution in [2.45, 2.75) is 71.9 Å². The third-order valence-electron chi connectivity index (χ3n) is 3.47. The highest BCUT2D eigenvalue weighted by Gasteiger charge is 2.36. The van der Waals surface area contributed by atoms with Crippen molar-refractivity contribution < 1.29 is 23.9 Å². The molecule has 150 valence electrons. The Kier molecular flexibility index (Phi) is 9.98. The Morgan fingerprint density at radius 3 is 2.23 bits per heavy atom. The topological polar surface area (TPSA) is 84.9 Å². The standard InChI is InChI=1S/C19H34N2O5/c1-8-11-12-19(7,16(23)25-10-3)20-15(22)14-21(13-9-2)17(24)26-18(4,5)6/h8H,1,9-14H2,2-7H3,(H,20,22)/t19-/m0/s1. The predicted molar refractivity (Wildman–Crippen MR) is 101 cm³/mol. The maximum Gasteiger partial charge on any atom is 0.410 e. The lowest BCUT2D eigenvalue weighted by atomic mass is 9.95. The molecule has 1 atom stereocenters. The van der Waals surface area contributed by atoms with E-state index in [1.165, 1.54) is 4.90 Å². The van der Waals surface area contributed by atoms with Gasteiger partial charge in [-0.3, -0.25) is 9.69 Å². The molecule has 0 aliphatic rings. The smallest absolute Gasteiger partial charge is 0.410 e. The highest BCUT2D eigenvalue weighted by Crippen LogP contribution is 2.16. The van der Waals surface area contributed by atoms with Crippen LogP contribution < -0.4 is 5.32 Å². The van der Waals surface area contributed by atoms with Crippen LogP contribution >= 0.6 is 0 Å². The minimum atomic E-state index is -1.17. The summed E-state index contributed by atoms with van der Waals surface area (Å²) in [5.41, 5.74) is -1.82. The van der Waals surface area contributed by atoms with E-state index in [1.807, 2.05) is 6.92 Å². The molecule has 0 saturated carbocycles. The molecule has 0 spiro atoms. The van der Waals surface area contributed by atoms with Crippen molar-refractivity contribution >= 4 is 18.0 Å². The fourth-order valence-electron chi connectivity index (χ4n) is 2.25. The highest BCUT2D eigenvalue weighted by atomic mass is 16.6. The molecule has 0 bridgehead atoms. The number of nitrogens with zero attached hydrogens (tertiary/aromatic N) is 1. The van der Waals surface area contributed by atoms with Gasteiger partial charge in [0, 0.05) is 6.54 Å². The van der Waals surface area contributed by atoms with Crippen molar-refractivity contribution in [3.8, 4) is 0 Å². The summed E-state index contributed by atoms with van der Waals surface area (Å²) in [7, 11) is 0. The molecule has 0 rings (SSSR count). The summed E-state index contributed by atoms with van der Waals surface area (Å²) in [4.78, 5) is 38.4. The summed E-state index contributed by atoms with van der Waals surface area (Å²) in [6.07, 6.45) is 2.70. The summed E-state index contributed by atoms with van der Waals surface area (Å²) in [6, 6.07) is 0. The Hall–Kier alpha value is -2.05. The van der Waals surface area contributed by atoms with Crippen LogP contribution in [0.3, 0.4) is 0 Å². The Balaban J connectivity index is 5.11. The SMILES string of the molecule is C=CCC[C@](C)(NC(=O)CN(CCC)C(=O)OC(C)(C)C)C(=O)OCC. The van der Waals surface area contributed by atoms with E-state index in [0.717, 1.165) is 0 Å². The van der Waals surface area contributed by atoms with Crippen molar-refractivity contribution in [3.63, 3.8) is 0 Å². The van der Waals surface area contributed by atoms with Gasteiger partial charge in [0.05, 0.1) is 6.61 Å². The van der Waals surface area contributed by atoms with Crippen molar-refractivity contribution in [2.24, 2.45) is 0 Å². The summed E-state index contributed by atoms with van der Waals surface area (Å²) < 4.78 is 10.4. The Labute approximate surface area is 157 Å². The third-order valence-corrected chi connectivity index (χ3v) is 3.47. The lowest BCUT2D eigenvalue weighted by Crippen LogP contribution is -2.55. The summed E-state index contributed by atoms with van der Waals surface area (Å²) in [5.74, 6) is -0.946. The largest absolute Gasteiger partial charge is 0.464 e. The van der Waals surface area contributed by atoms with Crippen molar-refractivity contribution in [3.05, 3.63) is 12.7 Å². The predicted octanol–water partition coefficient (Wildman–Crippen LogP) is 3.04. The first-order chi connectivity index (χ1) is 12.0. The van der Waals surface area contributed by atoms with Crippen LogP contribution in [0.5, 0.6) is 0 Å². The average molecular weight is 370 g/mol. The number of nitrogens with one attached hydrogen (secondary N) is 1. The molecule has 0 aromatic carbocycles. The minimum Gasteiger partial charge on any atom is -0.464 e. The molecule has 0 radical (unpaired) electrons. The number of rotatable bonds is 10. The van der Waals surface area contributed by atoms with Crippen LogP contribution in [0, 0.1) is 0 Å². The summed E-state index contributed by atoms with van der Waals surface area (Å²) in [5, 5.41) is 2.71. The van der Waals surface area contributed by atoms with Crippen LogP contribution in [0.15, 0.2) is 12.7 Å². The monoisotopic (exact) mass is 370 g/mol. The Morgan fingerprint density at radius 2 is 1.77 bits per heavy atom. The van der Waals surface area contributed by atoms with E-state index in [9.17, 15) is 14.4 Å². The number of carbonyl (C=O) groups is 3. The second-order valence-electron chi connectivity index (χ2n) is 7.33. The number of esters is 1. The second kappa shape index (κ2) is 10.8. The van der Waals surface area contributed by atoms with E-state index in [4.69, 9.17) is 9.47 Å². The first-order valence-corrected chi connectivity index (χ1v) is 9.06. The minimum absolute atomic E-state index is 0.189. The number of hydrogen-bond donors (Lipinski definition) is 1. The molecule has 0 fully saturated rings. The first kappa shape index (κ1) is 23.9. The summed E-state index contributed by atoms with van der Waals surface area (Å²) >= 11 is 0. The molecule has 0 aliphatic carbocycles. The van der Waals surface area contributed by atoms with Gasteiger partial charge in [0.25, 0.3) is 0 Å². The fraction of sp³-hybridized carbons (Fsp3) is 0.737. The van der Waals surface area contributed by atoms with Gasteiger partial charge in [-0.2, -0.15) is 0 Å². The van der Waals surface area contributed by atoms with Crippen LogP contribution in [0.2, 0.25) is 0 Å². The van der Waals surface area contributed by atoms with E-state index in [1.54, 1.807) is 40.7 Å². The third kappa shape index (κ3) is 8.87. The molecule has 0 aromatic rings. The zero-order valence-electron chi connectivity index (χ0n) is 17.0. The normalized spacial score (nSPS) is 13.3. The van der Waals surface area contributed by atoms with Crippen LogP contribution in [0.25, 0.3) is 0 Å². The van der Waals surface area contributed by atoms with E-state index in [0.29, 0.717) is 25.8 Å². The van der Waals surface area contributed by atoms with Crippen LogP contribution in [-0.4, -0.2) is 53.7 Å². The molecule has 7 heteroatoms. The molecule has 0 aliphatic heterocycles. The van der Waals surface area contributed by atoms with E-state index in [2.05, 4.69) is 11.9 Å². The Morgan fingerprint density at radius 1 is 1.15 bits per heavy atom. The van der Waals surface area contributed by atoms with Gasteiger partial charge in [-0.25, -0.2) is 9.59 Å². The molecule has 0 aromatic heterocycles. The summed E-state index contributed by atoms with van der Waals surface area (Å²) in [6.45, 7) is 14.6. The van der Waals surface area contributed by atoms with Crippen LogP contribution in [0.4, 0.5) is 4.79 Å². The number of amides is 2. The van der Waals surface area contributed by atoms with Gasteiger partial charge in [0.1, 0.15) is 17.7 Å². The number of carbonyl (C=O) groups excluding carboxylic acids is 3. The van der Waals surface area contributed by atoms with E-state index >= 15 is 0 Å². The molecular weight excluding hydrogens is 336 g/mol.